The van der Waals surface area contributed by atoms with Gasteiger partial charge in [-0.05, 0) is 37.3 Å². The van der Waals surface area contributed by atoms with Gasteiger partial charge in [0.1, 0.15) is 23.4 Å². The van der Waals surface area contributed by atoms with Crippen LogP contribution < -0.4 is 4.74 Å². The molecule has 0 bridgehead atoms. The van der Waals surface area contributed by atoms with E-state index in [9.17, 15) is 9.50 Å². The molecular formula is C15H12FNO2. The van der Waals surface area contributed by atoms with Gasteiger partial charge < -0.3 is 9.84 Å². The van der Waals surface area contributed by atoms with Crippen LogP contribution in [-0.4, -0.2) is 5.11 Å². The highest BCUT2D eigenvalue weighted by Gasteiger charge is 2.12. The summed E-state index contributed by atoms with van der Waals surface area (Å²) in [6.07, 6.45) is -0.861. The lowest BCUT2D eigenvalue weighted by Crippen LogP contribution is -1.98. The summed E-state index contributed by atoms with van der Waals surface area (Å²) in [5.41, 5.74) is 0.719. The molecule has 0 fully saturated rings. The Kier molecular flexibility index (Phi) is 3.79. The Labute approximate surface area is 110 Å². The lowest BCUT2D eigenvalue weighted by Gasteiger charge is -2.13. The van der Waals surface area contributed by atoms with Crippen LogP contribution in [0.4, 0.5) is 4.39 Å². The zero-order chi connectivity index (χ0) is 13.8. The van der Waals surface area contributed by atoms with Crippen LogP contribution in [0.1, 0.15) is 24.2 Å². The topological polar surface area (TPSA) is 53.2 Å². The molecule has 1 atom stereocenters. The second-order valence-electron chi connectivity index (χ2n) is 4.07. The van der Waals surface area contributed by atoms with Crippen LogP contribution >= 0.6 is 0 Å². The number of ether oxygens (including phenoxy) is 1. The Bertz CT molecular complexity index is 632. The van der Waals surface area contributed by atoms with Gasteiger partial charge in [-0.1, -0.05) is 12.1 Å². The number of nitriles is 1. The number of hydrogen-bond donors (Lipinski definition) is 1. The summed E-state index contributed by atoms with van der Waals surface area (Å²) in [5, 5.41) is 18.6. The first kappa shape index (κ1) is 13.1. The largest absolute Gasteiger partial charge is 0.456 e. The van der Waals surface area contributed by atoms with E-state index < -0.39 is 11.9 Å². The molecular weight excluding hydrogens is 245 g/mol. The molecule has 4 heteroatoms. The van der Waals surface area contributed by atoms with Crippen LogP contribution in [-0.2, 0) is 0 Å². The highest BCUT2D eigenvalue weighted by Crippen LogP contribution is 2.31. The third kappa shape index (κ3) is 2.90. The second kappa shape index (κ2) is 5.51. The summed E-state index contributed by atoms with van der Waals surface area (Å²) >= 11 is 0. The number of halogens is 1. The lowest BCUT2D eigenvalue weighted by molar-refractivity contribution is 0.195. The molecule has 0 spiro atoms. The van der Waals surface area contributed by atoms with E-state index in [1.165, 1.54) is 25.1 Å². The smallest absolute Gasteiger partial charge is 0.145 e. The van der Waals surface area contributed by atoms with Crippen LogP contribution in [0, 0.1) is 17.1 Å². The number of aliphatic hydroxyl groups excluding tert-OH is 1. The summed E-state index contributed by atoms with van der Waals surface area (Å²) in [5.74, 6) is 0.259. The quantitative estimate of drug-likeness (QED) is 0.914. The number of benzene rings is 2. The van der Waals surface area contributed by atoms with E-state index in [1.807, 2.05) is 6.07 Å². The van der Waals surface area contributed by atoms with Gasteiger partial charge in [0, 0.05) is 5.56 Å². The van der Waals surface area contributed by atoms with Gasteiger partial charge in [-0.15, -0.1) is 0 Å². The Morgan fingerprint density at radius 3 is 2.63 bits per heavy atom. The highest BCUT2D eigenvalue weighted by molar-refractivity contribution is 5.47. The number of aliphatic hydroxyl groups is 1. The van der Waals surface area contributed by atoms with Gasteiger partial charge in [0.15, 0.2) is 0 Å². The molecule has 0 saturated carbocycles. The normalized spacial score (nSPS) is 11.7. The molecule has 0 heterocycles. The van der Waals surface area contributed by atoms with E-state index >= 15 is 0 Å². The Hall–Kier alpha value is -2.38. The van der Waals surface area contributed by atoms with Gasteiger partial charge in [0.2, 0.25) is 0 Å². The van der Waals surface area contributed by atoms with Gasteiger partial charge in [-0.3, -0.25) is 0 Å². The first-order valence-electron chi connectivity index (χ1n) is 5.76. The lowest BCUT2D eigenvalue weighted by atomic mass is 10.1. The molecule has 0 saturated heterocycles. The molecule has 19 heavy (non-hydrogen) atoms. The molecule has 1 unspecified atom stereocenters. The average molecular weight is 257 g/mol. The molecule has 0 aliphatic rings. The van der Waals surface area contributed by atoms with E-state index in [-0.39, 0.29) is 0 Å². The van der Waals surface area contributed by atoms with E-state index in [1.54, 1.807) is 24.3 Å². The fourth-order valence-corrected chi connectivity index (χ4v) is 1.71. The first-order chi connectivity index (χ1) is 9.11. The summed E-state index contributed by atoms with van der Waals surface area (Å²) < 4.78 is 18.8. The fourth-order valence-electron chi connectivity index (χ4n) is 1.71. The van der Waals surface area contributed by atoms with Crippen LogP contribution in [0.25, 0.3) is 0 Å². The van der Waals surface area contributed by atoms with Crippen molar-refractivity contribution in [3.63, 3.8) is 0 Å². The molecule has 96 valence electrons. The molecule has 3 nitrogen and oxygen atoms in total. The molecule has 0 aliphatic carbocycles. The Morgan fingerprint density at radius 1 is 1.21 bits per heavy atom. The van der Waals surface area contributed by atoms with Crippen molar-refractivity contribution in [2.24, 2.45) is 0 Å². The number of nitrogens with zero attached hydrogens (tertiary/aromatic N) is 1. The summed E-state index contributed by atoms with van der Waals surface area (Å²) in [7, 11) is 0. The molecule has 2 aromatic rings. The van der Waals surface area contributed by atoms with Gasteiger partial charge >= 0.3 is 0 Å². The van der Waals surface area contributed by atoms with Crippen molar-refractivity contribution < 1.29 is 14.2 Å². The number of rotatable bonds is 3. The van der Waals surface area contributed by atoms with Crippen LogP contribution in [0.15, 0.2) is 42.5 Å². The van der Waals surface area contributed by atoms with Gasteiger partial charge in [-0.25, -0.2) is 4.39 Å². The van der Waals surface area contributed by atoms with Crippen LogP contribution in [0.3, 0.4) is 0 Å². The van der Waals surface area contributed by atoms with Crippen molar-refractivity contribution in [3.8, 4) is 17.6 Å². The highest BCUT2D eigenvalue weighted by atomic mass is 19.1. The van der Waals surface area contributed by atoms with Crippen LogP contribution in [0.5, 0.6) is 11.5 Å². The van der Waals surface area contributed by atoms with Gasteiger partial charge in [0.05, 0.1) is 11.7 Å². The Balaban J connectivity index is 2.41. The summed E-state index contributed by atoms with van der Waals surface area (Å²) in [4.78, 5) is 0. The standard InChI is InChI=1S/C15H12FNO2/c1-10(18)13-8-12(16)6-7-15(13)19-14-5-3-2-4-11(14)9-17/h2-8,10,18H,1H3. The minimum absolute atomic E-state index is 0.332. The van der Waals surface area contributed by atoms with Crippen molar-refractivity contribution in [3.05, 3.63) is 59.4 Å². The third-order valence-electron chi connectivity index (χ3n) is 2.65. The maximum atomic E-state index is 13.2. The fraction of sp³-hybridized carbons (Fsp3) is 0.133. The van der Waals surface area contributed by atoms with E-state index in [4.69, 9.17) is 10.00 Å². The maximum Gasteiger partial charge on any atom is 0.145 e. The van der Waals surface area contributed by atoms with E-state index in [0.717, 1.165) is 0 Å². The van der Waals surface area contributed by atoms with Crippen molar-refractivity contribution >= 4 is 0 Å². The minimum Gasteiger partial charge on any atom is -0.456 e. The number of para-hydroxylation sites is 1. The van der Waals surface area contributed by atoms with Crippen molar-refractivity contribution in [1.82, 2.24) is 0 Å². The van der Waals surface area contributed by atoms with Gasteiger partial charge in [-0.2, -0.15) is 5.26 Å². The average Bonchev–Trinajstić information content (AvgIpc) is 2.41. The van der Waals surface area contributed by atoms with Gasteiger partial charge in [0.25, 0.3) is 0 Å². The molecule has 2 aromatic carbocycles. The Morgan fingerprint density at radius 2 is 1.95 bits per heavy atom. The summed E-state index contributed by atoms with van der Waals surface area (Å²) in [6, 6.07) is 12.7. The van der Waals surface area contributed by atoms with Crippen molar-refractivity contribution in [1.29, 1.82) is 5.26 Å². The predicted octanol–water partition coefficient (Wildman–Crippen LogP) is 3.54. The summed E-state index contributed by atoms with van der Waals surface area (Å²) in [6.45, 7) is 1.53. The number of hydrogen-bond acceptors (Lipinski definition) is 3. The van der Waals surface area contributed by atoms with E-state index in [2.05, 4.69) is 0 Å². The SMILES string of the molecule is CC(O)c1cc(F)ccc1Oc1ccccc1C#N. The van der Waals surface area contributed by atoms with Crippen molar-refractivity contribution in [2.45, 2.75) is 13.0 Å². The molecule has 1 N–H and O–H groups in total. The first-order valence-corrected chi connectivity index (χ1v) is 5.76. The van der Waals surface area contributed by atoms with Crippen molar-refractivity contribution in [2.75, 3.05) is 0 Å². The molecule has 0 radical (unpaired) electrons. The zero-order valence-corrected chi connectivity index (χ0v) is 10.3. The third-order valence-corrected chi connectivity index (χ3v) is 2.65. The van der Waals surface area contributed by atoms with E-state index in [0.29, 0.717) is 22.6 Å². The second-order valence-corrected chi connectivity index (χ2v) is 4.07. The molecule has 0 amide bonds. The monoisotopic (exact) mass is 257 g/mol. The van der Waals surface area contributed by atoms with Crippen LogP contribution in [0.2, 0.25) is 0 Å². The molecule has 2 rings (SSSR count). The predicted molar refractivity (Wildman–Crippen MR) is 68.3 cm³/mol. The molecule has 0 aromatic heterocycles. The maximum absolute atomic E-state index is 13.2. The minimum atomic E-state index is -0.861. The zero-order valence-electron chi connectivity index (χ0n) is 10.3. The molecule has 0 aliphatic heterocycles.